The fraction of sp³-hybridized carbons (Fsp3) is 0.435. The lowest BCUT2D eigenvalue weighted by Gasteiger charge is -2.30. The van der Waals surface area contributed by atoms with E-state index in [2.05, 4.69) is 63.4 Å². The van der Waals surface area contributed by atoms with Gasteiger partial charge >= 0.3 is 0 Å². The Morgan fingerprint density at radius 3 is 2.59 bits per heavy atom. The van der Waals surface area contributed by atoms with Crippen LogP contribution in [-0.4, -0.2) is 36.5 Å². The third kappa shape index (κ3) is 5.25. The van der Waals surface area contributed by atoms with Crippen molar-refractivity contribution in [3.63, 3.8) is 0 Å². The number of anilines is 1. The smallest absolute Gasteiger partial charge is 0.251 e. The number of halogens is 2. The molecule has 1 heterocycles. The number of nitrogens with zero attached hydrogens (tertiary/aromatic N) is 1. The van der Waals surface area contributed by atoms with E-state index in [-0.39, 0.29) is 11.9 Å². The Labute approximate surface area is 191 Å². The summed E-state index contributed by atoms with van der Waals surface area (Å²) in [7, 11) is 2.14. The van der Waals surface area contributed by atoms with Gasteiger partial charge in [-0.1, -0.05) is 17.7 Å². The van der Waals surface area contributed by atoms with Gasteiger partial charge < -0.3 is 15.5 Å². The van der Waals surface area contributed by atoms with Crippen molar-refractivity contribution in [3.8, 4) is 0 Å². The summed E-state index contributed by atoms with van der Waals surface area (Å²) in [5.74, 6) is 0.0625. The van der Waals surface area contributed by atoms with Crippen molar-refractivity contribution in [2.75, 3.05) is 18.9 Å². The number of benzene rings is 2. The number of carbonyl (C=O) groups is 1. The Balaban J connectivity index is 1.29. The van der Waals surface area contributed by atoms with Gasteiger partial charge in [0.05, 0.1) is 5.02 Å². The molecular weight excluding hydrogens is 497 g/mol. The topological polar surface area (TPSA) is 44.4 Å². The third-order valence-corrected chi connectivity index (χ3v) is 7.60. The van der Waals surface area contributed by atoms with Crippen molar-refractivity contribution in [1.29, 1.82) is 0 Å². The van der Waals surface area contributed by atoms with Gasteiger partial charge in [-0.25, -0.2) is 0 Å². The minimum absolute atomic E-state index is 0.0625. The maximum Gasteiger partial charge on any atom is 0.251 e. The quantitative estimate of drug-likeness (QED) is 0.549. The maximum absolute atomic E-state index is 12.8. The molecule has 154 valence electrons. The number of fused-ring (bicyclic) bond motifs is 1. The molecule has 4 nitrogen and oxygen atoms in total. The Bertz CT molecular complexity index is 896. The minimum Gasteiger partial charge on any atom is -0.382 e. The number of rotatable bonds is 4. The van der Waals surface area contributed by atoms with Crippen LogP contribution in [0.15, 0.2) is 36.4 Å². The molecule has 0 radical (unpaired) electrons. The second-order valence-electron chi connectivity index (χ2n) is 8.27. The van der Waals surface area contributed by atoms with E-state index in [1.54, 1.807) is 0 Å². The van der Waals surface area contributed by atoms with Gasteiger partial charge in [-0.2, -0.15) is 0 Å². The van der Waals surface area contributed by atoms with E-state index in [0.717, 1.165) is 65.0 Å². The molecule has 29 heavy (non-hydrogen) atoms. The van der Waals surface area contributed by atoms with Crippen molar-refractivity contribution < 1.29 is 4.79 Å². The summed E-state index contributed by atoms with van der Waals surface area (Å²) in [5.41, 5.74) is 4.53. The highest BCUT2D eigenvalue weighted by molar-refractivity contribution is 14.1. The van der Waals surface area contributed by atoms with Gasteiger partial charge in [0.1, 0.15) is 0 Å². The lowest BCUT2D eigenvalue weighted by Crippen LogP contribution is -2.40. The Morgan fingerprint density at radius 2 is 1.83 bits per heavy atom. The van der Waals surface area contributed by atoms with E-state index in [4.69, 9.17) is 11.6 Å². The molecule has 1 aliphatic carbocycles. The summed E-state index contributed by atoms with van der Waals surface area (Å²) in [6, 6.07) is 13.0. The molecule has 0 saturated heterocycles. The SMILES string of the molecule is CN1CCc2cc(C(=O)N[C@H]3CC[C@H](Nc4ccc(I)c(Cl)c4)CC3)ccc2C1. The molecule has 2 aromatic rings. The molecule has 0 aromatic heterocycles. The summed E-state index contributed by atoms with van der Waals surface area (Å²) in [4.78, 5) is 15.1. The van der Waals surface area contributed by atoms with Crippen molar-refractivity contribution in [3.05, 3.63) is 61.7 Å². The first-order valence-corrected chi connectivity index (χ1v) is 11.8. The highest BCUT2D eigenvalue weighted by Gasteiger charge is 2.23. The van der Waals surface area contributed by atoms with Crippen LogP contribution in [0.5, 0.6) is 0 Å². The molecule has 1 aliphatic heterocycles. The number of likely N-dealkylation sites (N-methyl/N-ethyl adjacent to an activating group) is 1. The van der Waals surface area contributed by atoms with Crippen LogP contribution >= 0.6 is 34.2 Å². The first kappa shape index (κ1) is 20.9. The largest absolute Gasteiger partial charge is 0.382 e. The van der Waals surface area contributed by atoms with Gasteiger partial charge in [0, 0.05) is 40.0 Å². The summed E-state index contributed by atoms with van der Waals surface area (Å²) < 4.78 is 1.07. The lowest BCUT2D eigenvalue weighted by atomic mass is 9.90. The summed E-state index contributed by atoms with van der Waals surface area (Å²) in [6.45, 7) is 2.03. The van der Waals surface area contributed by atoms with E-state index in [0.29, 0.717) is 6.04 Å². The molecule has 2 aromatic carbocycles. The predicted octanol–water partition coefficient (Wildman–Crippen LogP) is 5.09. The molecular formula is C23H27ClIN3O. The van der Waals surface area contributed by atoms with E-state index in [1.807, 2.05) is 18.2 Å². The van der Waals surface area contributed by atoms with Gasteiger partial charge in [0.15, 0.2) is 0 Å². The van der Waals surface area contributed by atoms with Crippen LogP contribution in [0.25, 0.3) is 0 Å². The van der Waals surface area contributed by atoms with Crippen LogP contribution in [0, 0.1) is 3.57 Å². The second-order valence-corrected chi connectivity index (χ2v) is 9.84. The monoisotopic (exact) mass is 523 g/mol. The summed E-state index contributed by atoms with van der Waals surface area (Å²) >= 11 is 8.46. The third-order valence-electron chi connectivity index (χ3n) is 6.02. The van der Waals surface area contributed by atoms with E-state index < -0.39 is 0 Å². The van der Waals surface area contributed by atoms with Crippen molar-refractivity contribution in [2.45, 2.75) is 50.7 Å². The van der Waals surface area contributed by atoms with Gasteiger partial charge in [0.25, 0.3) is 5.91 Å². The van der Waals surface area contributed by atoms with Crippen LogP contribution in [0.2, 0.25) is 5.02 Å². The molecule has 6 heteroatoms. The molecule has 0 spiro atoms. The fourth-order valence-electron chi connectivity index (χ4n) is 4.31. The second kappa shape index (κ2) is 9.23. The molecule has 0 atom stereocenters. The minimum atomic E-state index is 0.0625. The molecule has 2 N–H and O–H groups in total. The molecule has 1 amide bonds. The fourth-order valence-corrected chi connectivity index (χ4v) is 4.82. The molecule has 1 fully saturated rings. The number of hydrogen-bond donors (Lipinski definition) is 2. The first-order chi connectivity index (χ1) is 14.0. The zero-order chi connectivity index (χ0) is 20.4. The summed E-state index contributed by atoms with van der Waals surface area (Å²) in [5, 5.41) is 7.63. The lowest BCUT2D eigenvalue weighted by molar-refractivity contribution is 0.0926. The Morgan fingerprint density at radius 1 is 1.07 bits per heavy atom. The number of nitrogens with one attached hydrogen (secondary N) is 2. The average Bonchev–Trinajstić information content (AvgIpc) is 2.72. The molecule has 1 saturated carbocycles. The van der Waals surface area contributed by atoms with Crippen LogP contribution in [0.4, 0.5) is 5.69 Å². The first-order valence-electron chi connectivity index (χ1n) is 10.3. The highest BCUT2D eigenvalue weighted by atomic mass is 127. The Kier molecular flexibility index (Phi) is 6.66. The van der Waals surface area contributed by atoms with E-state index in [9.17, 15) is 4.79 Å². The molecule has 0 bridgehead atoms. The van der Waals surface area contributed by atoms with Crippen molar-refractivity contribution in [1.82, 2.24) is 10.2 Å². The maximum atomic E-state index is 12.8. The summed E-state index contributed by atoms with van der Waals surface area (Å²) in [6.07, 6.45) is 5.11. The van der Waals surface area contributed by atoms with Gasteiger partial charge in [-0.3, -0.25) is 4.79 Å². The number of carbonyl (C=O) groups excluding carboxylic acids is 1. The van der Waals surface area contributed by atoms with Crippen LogP contribution < -0.4 is 10.6 Å². The van der Waals surface area contributed by atoms with E-state index >= 15 is 0 Å². The van der Waals surface area contributed by atoms with Crippen LogP contribution in [0.1, 0.15) is 47.2 Å². The number of amides is 1. The molecule has 0 unspecified atom stereocenters. The number of hydrogen-bond acceptors (Lipinski definition) is 3. The zero-order valence-corrected chi connectivity index (χ0v) is 19.6. The van der Waals surface area contributed by atoms with Crippen LogP contribution in [-0.2, 0) is 13.0 Å². The Hall–Kier alpha value is -1.31. The van der Waals surface area contributed by atoms with Crippen molar-refractivity contribution in [2.24, 2.45) is 0 Å². The van der Waals surface area contributed by atoms with Gasteiger partial charge in [-0.05, 0) is 103 Å². The van der Waals surface area contributed by atoms with Gasteiger partial charge in [0.2, 0.25) is 0 Å². The highest BCUT2D eigenvalue weighted by Crippen LogP contribution is 2.27. The predicted molar refractivity (Wildman–Crippen MR) is 128 cm³/mol. The van der Waals surface area contributed by atoms with Crippen LogP contribution in [0.3, 0.4) is 0 Å². The van der Waals surface area contributed by atoms with Gasteiger partial charge in [-0.15, -0.1) is 0 Å². The zero-order valence-electron chi connectivity index (χ0n) is 16.7. The normalized spacial score (nSPS) is 22.0. The molecule has 2 aliphatic rings. The standard InChI is InChI=1S/C23H27ClIN3O/c1-28-11-10-15-12-16(2-3-17(15)14-28)23(29)27-19-6-4-18(5-7-19)26-20-8-9-22(25)21(24)13-20/h2-3,8-9,12-13,18-19,26H,4-7,10-11,14H2,1H3,(H,27,29)/t18-,19-. The van der Waals surface area contributed by atoms with Crippen molar-refractivity contribution >= 4 is 45.8 Å². The average molecular weight is 524 g/mol. The molecule has 4 rings (SSSR count). The van der Waals surface area contributed by atoms with E-state index in [1.165, 1.54) is 11.1 Å².